The highest BCUT2D eigenvalue weighted by molar-refractivity contribution is 5.80. The molecule has 1 aliphatic carbocycles. The molecule has 0 radical (unpaired) electrons. The molecule has 1 rings (SSSR count). The number of methoxy groups -OCH3 is 1. The molecule has 6 nitrogen and oxygen atoms in total. The number of aliphatic carboxylic acids is 1. The summed E-state index contributed by atoms with van der Waals surface area (Å²) in [7, 11) is 1.53. The van der Waals surface area contributed by atoms with Crippen LogP contribution in [0.3, 0.4) is 0 Å². The zero-order chi connectivity index (χ0) is 15.2. The molecule has 1 fully saturated rings. The average molecular weight is 286 g/mol. The minimum atomic E-state index is -1.01. The molecule has 20 heavy (non-hydrogen) atoms. The van der Waals surface area contributed by atoms with E-state index >= 15 is 0 Å². The van der Waals surface area contributed by atoms with Crippen molar-refractivity contribution in [3.05, 3.63) is 0 Å². The highest BCUT2D eigenvalue weighted by atomic mass is 16.5. The van der Waals surface area contributed by atoms with Crippen LogP contribution in [0.1, 0.15) is 39.5 Å². The predicted octanol–water partition coefficient (Wildman–Crippen LogP) is 1.70. The number of rotatable bonds is 6. The van der Waals surface area contributed by atoms with Gasteiger partial charge in [0, 0.05) is 19.7 Å². The lowest BCUT2D eigenvalue weighted by Crippen LogP contribution is -2.53. The Balaban J connectivity index is 2.61. The molecule has 0 aromatic heterocycles. The maximum absolute atomic E-state index is 12.2. The maximum atomic E-state index is 12.2. The van der Waals surface area contributed by atoms with Crippen LogP contribution in [0.4, 0.5) is 4.79 Å². The van der Waals surface area contributed by atoms with Crippen LogP contribution < -0.4 is 5.32 Å². The summed E-state index contributed by atoms with van der Waals surface area (Å²) >= 11 is 0. The van der Waals surface area contributed by atoms with Crippen molar-refractivity contribution in [1.82, 2.24) is 10.2 Å². The minimum absolute atomic E-state index is 0.0596. The lowest BCUT2D eigenvalue weighted by Gasteiger charge is -2.39. The Kier molecular flexibility index (Phi) is 6.26. The lowest BCUT2D eigenvalue weighted by molar-refractivity contribution is -0.137. The van der Waals surface area contributed by atoms with Crippen LogP contribution in [0.25, 0.3) is 0 Å². The van der Waals surface area contributed by atoms with E-state index in [1.807, 2.05) is 0 Å². The molecule has 0 aromatic rings. The SMILES string of the molecule is COCCN(CC(=O)O)C(=O)NC1CCCCC1(C)C. The Morgan fingerprint density at radius 2 is 2.10 bits per heavy atom. The normalized spacial score (nSPS) is 21.2. The third-order valence-electron chi connectivity index (χ3n) is 3.98. The molecular weight excluding hydrogens is 260 g/mol. The molecule has 1 atom stereocenters. The number of hydrogen-bond donors (Lipinski definition) is 2. The first-order chi connectivity index (χ1) is 9.36. The van der Waals surface area contributed by atoms with E-state index < -0.39 is 5.97 Å². The van der Waals surface area contributed by atoms with E-state index in [4.69, 9.17) is 9.84 Å². The maximum Gasteiger partial charge on any atom is 0.323 e. The van der Waals surface area contributed by atoms with E-state index in [-0.39, 0.29) is 30.6 Å². The number of nitrogens with one attached hydrogen (secondary N) is 1. The summed E-state index contributed by atoms with van der Waals surface area (Å²) in [6.45, 7) is 4.60. The Labute approximate surface area is 120 Å². The first kappa shape index (κ1) is 16.8. The minimum Gasteiger partial charge on any atom is -0.480 e. The fourth-order valence-electron chi connectivity index (χ4n) is 2.62. The zero-order valence-corrected chi connectivity index (χ0v) is 12.6. The van der Waals surface area contributed by atoms with Gasteiger partial charge in [0.05, 0.1) is 6.61 Å². The summed E-state index contributed by atoms with van der Waals surface area (Å²) < 4.78 is 4.92. The second-order valence-corrected chi connectivity index (χ2v) is 6.04. The Bertz CT molecular complexity index is 344. The highest BCUT2D eigenvalue weighted by Crippen LogP contribution is 2.35. The number of carboxylic acid groups (broad SMARTS) is 1. The monoisotopic (exact) mass is 286 g/mol. The van der Waals surface area contributed by atoms with Gasteiger partial charge in [0.2, 0.25) is 0 Å². The fraction of sp³-hybridized carbons (Fsp3) is 0.857. The van der Waals surface area contributed by atoms with Crippen molar-refractivity contribution in [1.29, 1.82) is 0 Å². The molecule has 0 aromatic carbocycles. The van der Waals surface area contributed by atoms with Crippen LogP contribution in [-0.2, 0) is 9.53 Å². The van der Waals surface area contributed by atoms with Gasteiger partial charge in [0.1, 0.15) is 6.54 Å². The van der Waals surface area contributed by atoms with Gasteiger partial charge < -0.3 is 20.1 Å². The van der Waals surface area contributed by atoms with E-state index in [0.717, 1.165) is 19.3 Å². The quantitative estimate of drug-likeness (QED) is 0.779. The van der Waals surface area contributed by atoms with Crippen molar-refractivity contribution < 1.29 is 19.4 Å². The number of nitrogens with zero attached hydrogens (tertiary/aromatic N) is 1. The molecule has 2 N–H and O–H groups in total. The molecule has 2 amide bonds. The van der Waals surface area contributed by atoms with Crippen molar-refractivity contribution in [3.63, 3.8) is 0 Å². The molecule has 116 valence electrons. The number of carbonyl (C=O) groups is 2. The highest BCUT2D eigenvalue weighted by Gasteiger charge is 2.34. The fourth-order valence-corrected chi connectivity index (χ4v) is 2.62. The molecule has 1 unspecified atom stereocenters. The average Bonchev–Trinajstić information content (AvgIpc) is 2.36. The number of urea groups is 1. The van der Waals surface area contributed by atoms with E-state index in [9.17, 15) is 9.59 Å². The van der Waals surface area contributed by atoms with Gasteiger partial charge in [-0.25, -0.2) is 4.79 Å². The molecular formula is C14H26N2O4. The number of carbonyl (C=O) groups excluding carboxylic acids is 1. The van der Waals surface area contributed by atoms with Gasteiger partial charge in [-0.3, -0.25) is 4.79 Å². The van der Waals surface area contributed by atoms with Crippen molar-refractivity contribution in [2.75, 3.05) is 26.8 Å². The predicted molar refractivity (Wildman–Crippen MR) is 75.7 cm³/mol. The topological polar surface area (TPSA) is 78.9 Å². The Morgan fingerprint density at radius 1 is 1.40 bits per heavy atom. The van der Waals surface area contributed by atoms with Gasteiger partial charge in [-0.15, -0.1) is 0 Å². The second-order valence-electron chi connectivity index (χ2n) is 6.04. The van der Waals surface area contributed by atoms with Crippen LogP contribution >= 0.6 is 0 Å². The lowest BCUT2D eigenvalue weighted by atomic mass is 9.73. The van der Waals surface area contributed by atoms with Gasteiger partial charge in [0.15, 0.2) is 0 Å². The van der Waals surface area contributed by atoms with Crippen molar-refractivity contribution in [3.8, 4) is 0 Å². The van der Waals surface area contributed by atoms with E-state index in [0.29, 0.717) is 6.61 Å². The van der Waals surface area contributed by atoms with Gasteiger partial charge in [0.25, 0.3) is 0 Å². The van der Waals surface area contributed by atoms with Crippen LogP contribution in [0.15, 0.2) is 0 Å². The van der Waals surface area contributed by atoms with Crippen LogP contribution in [0.2, 0.25) is 0 Å². The summed E-state index contributed by atoms with van der Waals surface area (Å²) in [6.07, 6.45) is 4.31. The Morgan fingerprint density at radius 3 is 2.65 bits per heavy atom. The van der Waals surface area contributed by atoms with Gasteiger partial charge in [-0.05, 0) is 18.3 Å². The third kappa shape index (κ3) is 5.00. The molecule has 6 heteroatoms. The first-order valence-electron chi connectivity index (χ1n) is 7.13. The largest absolute Gasteiger partial charge is 0.480 e. The molecule has 0 spiro atoms. The summed E-state index contributed by atoms with van der Waals surface area (Å²) in [5.74, 6) is -1.01. The number of ether oxygens (including phenoxy) is 1. The van der Waals surface area contributed by atoms with Crippen molar-refractivity contribution >= 4 is 12.0 Å². The number of amides is 2. The molecule has 1 saturated carbocycles. The standard InChI is InChI=1S/C14H26N2O4/c1-14(2)7-5-4-6-11(14)15-13(19)16(8-9-20-3)10-12(17)18/h11H,4-10H2,1-3H3,(H,15,19)(H,17,18). The summed E-state index contributed by atoms with van der Waals surface area (Å²) in [5.41, 5.74) is 0.0596. The molecule has 0 heterocycles. The molecule has 0 aliphatic heterocycles. The molecule has 0 bridgehead atoms. The Hall–Kier alpha value is -1.30. The first-order valence-corrected chi connectivity index (χ1v) is 7.13. The van der Waals surface area contributed by atoms with Crippen LogP contribution in [0, 0.1) is 5.41 Å². The third-order valence-corrected chi connectivity index (χ3v) is 3.98. The summed E-state index contributed by atoms with van der Waals surface area (Å²) in [4.78, 5) is 24.4. The van der Waals surface area contributed by atoms with E-state index in [1.54, 1.807) is 0 Å². The van der Waals surface area contributed by atoms with E-state index in [2.05, 4.69) is 19.2 Å². The van der Waals surface area contributed by atoms with E-state index in [1.165, 1.54) is 18.4 Å². The summed E-state index contributed by atoms with van der Waals surface area (Å²) in [5, 5.41) is 11.9. The van der Waals surface area contributed by atoms with Gasteiger partial charge in [-0.2, -0.15) is 0 Å². The van der Waals surface area contributed by atoms with Crippen LogP contribution in [-0.4, -0.2) is 54.9 Å². The number of carboxylic acids is 1. The second kappa shape index (κ2) is 7.47. The number of hydrogen-bond acceptors (Lipinski definition) is 3. The van der Waals surface area contributed by atoms with Crippen molar-refractivity contribution in [2.45, 2.75) is 45.6 Å². The van der Waals surface area contributed by atoms with Crippen molar-refractivity contribution in [2.24, 2.45) is 5.41 Å². The van der Waals surface area contributed by atoms with Gasteiger partial charge in [-0.1, -0.05) is 26.7 Å². The van der Waals surface area contributed by atoms with Crippen LogP contribution in [0.5, 0.6) is 0 Å². The molecule has 0 saturated heterocycles. The van der Waals surface area contributed by atoms with Gasteiger partial charge >= 0.3 is 12.0 Å². The summed E-state index contributed by atoms with van der Waals surface area (Å²) in [6, 6.07) is -0.216. The molecule has 1 aliphatic rings. The zero-order valence-electron chi connectivity index (χ0n) is 12.6. The smallest absolute Gasteiger partial charge is 0.323 e.